The van der Waals surface area contributed by atoms with Crippen molar-refractivity contribution in [2.45, 2.75) is 13.8 Å². The van der Waals surface area contributed by atoms with Crippen LogP contribution in [0.2, 0.25) is 0 Å². The van der Waals surface area contributed by atoms with E-state index in [1.165, 1.54) is 0 Å². The third-order valence-corrected chi connectivity index (χ3v) is 3.05. The molecule has 0 saturated heterocycles. The number of nitrogens with one attached hydrogen (secondary N) is 2. The van der Waals surface area contributed by atoms with E-state index >= 15 is 0 Å². The molecule has 4 nitrogen and oxygen atoms in total. The van der Waals surface area contributed by atoms with Crippen molar-refractivity contribution in [1.29, 1.82) is 0 Å². The summed E-state index contributed by atoms with van der Waals surface area (Å²) in [5, 5.41) is 6.80. The van der Waals surface area contributed by atoms with E-state index in [2.05, 4.69) is 10.6 Å². The van der Waals surface area contributed by atoms with Crippen molar-refractivity contribution in [2.24, 2.45) is 0 Å². The third kappa shape index (κ3) is 14.3. The van der Waals surface area contributed by atoms with Crippen LogP contribution in [0.5, 0.6) is 11.5 Å². The molecule has 2 rings (SSSR count). The fourth-order valence-corrected chi connectivity index (χ4v) is 2.13. The normalized spacial score (nSPS) is 7.79. The first-order chi connectivity index (χ1) is 10.7. The zero-order valence-electron chi connectivity index (χ0n) is 15.4. The fourth-order valence-electron chi connectivity index (χ4n) is 1.90. The van der Waals surface area contributed by atoms with E-state index in [1.807, 2.05) is 62.4 Å². The smallest absolute Gasteiger partial charge is 0.175 e. The maximum atomic E-state index is 5.40. The molecule has 11 heteroatoms. The van der Waals surface area contributed by atoms with Gasteiger partial charge in [0, 0.05) is 54.8 Å². The summed E-state index contributed by atoms with van der Waals surface area (Å²) in [6, 6.07) is 15.3. The molecule has 0 aliphatic rings. The monoisotopic (exact) mass is 556 g/mol. The molecule has 0 unspecified atom stereocenters. The quantitative estimate of drug-likeness (QED) is 0.338. The van der Waals surface area contributed by atoms with Crippen molar-refractivity contribution in [1.82, 2.24) is 0 Å². The van der Waals surface area contributed by atoms with Crippen molar-refractivity contribution in [3.05, 3.63) is 48.5 Å². The first kappa shape index (κ1) is 38.9. The SMILES string of the molecule is CCOc1ccc(NC(=S)Nc2ccc(OCC)cc2)cc1.Cl.Cl.Cl.Cl.[Ti].[Ti]. The molecule has 0 aliphatic heterocycles. The van der Waals surface area contributed by atoms with E-state index in [0.717, 1.165) is 22.9 Å². The molecular weight excluding hydrogens is 534 g/mol. The number of ether oxygens (including phenoxy) is 2. The molecule has 0 fully saturated rings. The first-order valence-electron chi connectivity index (χ1n) is 7.25. The zero-order chi connectivity index (χ0) is 15.8. The van der Waals surface area contributed by atoms with Crippen LogP contribution in [0.25, 0.3) is 0 Å². The Morgan fingerprint density at radius 2 is 0.964 bits per heavy atom. The molecule has 0 radical (unpaired) electrons. The molecule has 2 aromatic carbocycles. The molecule has 28 heavy (non-hydrogen) atoms. The number of anilines is 2. The average Bonchev–Trinajstić information content (AvgIpc) is 2.52. The Bertz CT molecular complexity index is 570. The summed E-state index contributed by atoms with van der Waals surface area (Å²) in [5.74, 6) is 1.69. The van der Waals surface area contributed by atoms with Gasteiger partial charge in [-0.25, -0.2) is 0 Å². The van der Waals surface area contributed by atoms with Gasteiger partial charge in [-0.2, -0.15) is 0 Å². The molecule has 0 heterocycles. The van der Waals surface area contributed by atoms with Crippen LogP contribution in [0.3, 0.4) is 0 Å². The van der Waals surface area contributed by atoms with Crippen LogP contribution in [0.1, 0.15) is 13.8 Å². The van der Waals surface area contributed by atoms with Gasteiger partial charge >= 0.3 is 0 Å². The van der Waals surface area contributed by atoms with Crippen LogP contribution in [-0.4, -0.2) is 18.3 Å². The molecule has 0 atom stereocenters. The topological polar surface area (TPSA) is 42.5 Å². The minimum Gasteiger partial charge on any atom is -0.494 e. The van der Waals surface area contributed by atoms with Crippen LogP contribution >= 0.6 is 61.8 Å². The van der Waals surface area contributed by atoms with Gasteiger partial charge in [0.05, 0.1) is 13.2 Å². The second-order valence-corrected chi connectivity index (χ2v) is 4.90. The minimum absolute atomic E-state index is 0. The molecule has 0 aromatic heterocycles. The Balaban J connectivity index is -0.000000294. The van der Waals surface area contributed by atoms with Gasteiger partial charge in [-0.3, -0.25) is 0 Å². The largest absolute Gasteiger partial charge is 0.494 e. The van der Waals surface area contributed by atoms with Gasteiger partial charge in [0.15, 0.2) is 5.11 Å². The second-order valence-electron chi connectivity index (χ2n) is 4.49. The maximum absolute atomic E-state index is 5.40. The van der Waals surface area contributed by atoms with Gasteiger partial charge in [-0.05, 0) is 74.6 Å². The van der Waals surface area contributed by atoms with Crippen LogP contribution in [0, 0.1) is 0 Å². The summed E-state index contributed by atoms with van der Waals surface area (Å²) in [5.41, 5.74) is 1.82. The Kier molecular flexibility index (Phi) is 30.6. The number of hydrogen-bond acceptors (Lipinski definition) is 3. The predicted molar refractivity (Wildman–Crippen MR) is 124 cm³/mol. The summed E-state index contributed by atoms with van der Waals surface area (Å²) in [6.45, 7) is 5.24. The molecule has 156 valence electrons. The van der Waals surface area contributed by atoms with Gasteiger partial charge in [0.2, 0.25) is 0 Å². The van der Waals surface area contributed by atoms with Gasteiger partial charge in [-0.15, -0.1) is 49.6 Å². The molecule has 0 saturated carbocycles. The Labute approximate surface area is 227 Å². The standard InChI is InChI=1S/C17H20N2O2S.4ClH.2Ti/c1-3-20-15-9-5-13(6-10-15)18-17(22)19-14-7-11-16(12-8-14)21-4-2;;;;;;/h5-12H,3-4H2,1-2H3,(H2,18,19,22);4*1H;;. The number of hydrogen-bond donors (Lipinski definition) is 2. The van der Waals surface area contributed by atoms with E-state index in [4.69, 9.17) is 21.7 Å². The van der Waals surface area contributed by atoms with E-state index in [1.54, 1.807) is 0 Å². The van der Waals surface area contributed by atoms with E-state index in [0.29, 0.717) is 18.3 Å². The fraction of sp³-hybridized carbons (Fsp3) is 0.235. The van der Waals surface area contributed by atoms with Crippen LogP contribution in [-0.2, 0) is 43.4 Å². The zero-order valence-corrected chi connectivity index (χ0v) is 22.6. The molecule has 0 amide bonds. The van der Waals surface area contributed by atoms with E-state index < -0.39 is 0 Å². The Morgan fingerprint density at radius 1 is 0.679 bits per heavy atom. The minimum atomic E-state index is 0. The van der Waals surface area contributed by atoms with Gasteiger partial charge < -0.3 is 20.1 Å². The van der Waals surface area contributed by atoms with Gasteiger partial charge in [0.1, 0.15) is 11.5 Å². The molecule has 2 N–H and O–H groups in total. The summed E-state index contributed by atoms with van der Waals surface area (Å²) in [6.07, 6.45) is 0. The average molecular weight is 558 g/mol. The van der Waals surface area contributed by atoms with Crippen molar-refractivity contribution in [3.63, 3.8) is 0 Å². The second kappa shape index (κ2) is 22.0. The molecular formula is C17H24Cl4N2O2STi2. The van der Waals surface area contributed by atoms with Crippen molar-refractivity contribution in [2.75, 3.05) is 23.8 Å². The molecule has 0 aliphatic carbocycles. The van der Waals surface area contributed by atoms with Crippen molar-refractivity contribution in [3.8, 4) is 11.5 Å². The Morgan fingerprint density at radius 3 is 1.21 bits per heavy atom. The molecule has 0 spiro atoms. The number of rotatable bonds is 6. The molecule has 0 bridgehead atoms. The van der Waals surface area contributed by atoms with Crippen LogP contribution in [0.15, 0.2) is 48.5 Å². The maximum Gasteiger partial charge on any atom is 0.175 e. The third-order valence-electron chi connectivity index (χ3n) is 2.85. The predicted octanol–water partition coefficient (Wildman–Crippen LogP) is 5.98. The number of thiocarbonyl (C=S) groups is 1. The van der Waals surface area contributed by atoms with Crippen molar-refractivity contribution < 1.29 is 52.9 Å². The van der Waals surface area contributed by atoms with Crippen LogP contribution in [0.4, 0.5) is 11.4 Å². The summed E-state index contributed by atoms with van der Waals surface area (Å²) in [4.78, 5) is 0. The van der Waals surface area contributed by atoms with Crippen LogP contribution < -0.4 is 20.1 Å². The summed E-state index contributed by atoms with van der Waals surface area (Å²) in [7, 11) is 0. The number of benzene rings is 2. The summed E-state index contributed by atoms with van der Waals surface area (Å²) >= 11 is 5.30. The van der Waals surface area contributed by atoms with Crippen molar-refractivity contribution >= 4 is 78.3 Å². The molecule has 2 aromatic rings. The van der Waals surface area contributed by atoms with E-state index in [-0.39, 0.29) is 93.1 Å². The Hall–Kier alpha value is 0.319. The first-order valence-corrected chi connectivity index (χ1v) is 7.65. The van der Waals surface area contributed by atoms with Gasteiger partial charge in [0.25, 0.3) is 0 Å². The van der Waals surface area contributed by atoms with E-state index in [9.17, 15) is 0 Å². The summed E-state index contributed by atoms with van der Waals surface area (Å²) < 4.78 is 10.8. The van der Waals surface area contributed by atoms with Gasteiger partial charge in [-0.1, -0.05) is 0 Å². The number of halogens is 4.